The molecule has 2 nitrogen and oxygen atoms in total. The lowest BCUT2D eigenvalue weighted by Gasteiger charge is -2.34. The predicted octanol–water partition coefficient (Wildman–Crippen LogP) is 11.4. The van der Waals surface area contributed by atoms with Crippen LogP contribution in [-0.2, 0) is 5.41 Å². The first kappa shape index (κ1) is 25.6. The van der Waals surface area contributed by atoms with Crippen molar-refractivity contribution in [2.24, 2.45) is 0 Å². The van der Waals surface area contributed by atoms with E-state index in [9.17, 15) is 0 Å². The monoisotopic (exact) mass is 575 g/mol. The summed E-state index contributed by atoms with van der Waals surface area (Å²) < 4.78 is 6.11. The molecular weight excluding hydrogens is 546 g/mol. The molecule has 1 N–H and O–H groups in total. The van der Waals surface area contributed by atoms with Crippen LogP contribution < -0.4 is 5.32 Å². The van der Waals surface area contributed by atoms with Gasteiger partial charge in [0.1, 0.15) is 11.2 Å². The van der Waals surface area contributed by atoms with E-state index in [1.807, 2.05) is 12.1 Å². The van der Waals surface area contributed by atoms with Crippen molar-refractivity contribution in [2.45, 2.75) is 5.41 Å². The van der Waals surface area contributed by atoms with Crippen LogP contribution in [0.3, 0.4) is 0 Å². The fourth-order valence-electron chi connectivity index (χ4n) is 7.44. The lowest BCUT2D eigenvalue weighted by atomic mass is 9.67. The zero-order chi connectivity index (χ0) is 29.8. The van der Waals surface area contributed by atoms with Crippen molar-refractivity contribution in [3.05, 3.63) is 192 Å². The van der Waals surface area contributed by atoms with E-state index in [-0.39, 0.29) is 0 Å². The minimum absolute atomic E-state index is 0.432. The summed E-state index contributed by atoms with van der Waals surface area (Å²) in [7, 11) is 0. The van der Waals surface area contributed by atoms with Crippen molar-refractivity contribution in [3.8, 4) is 22.3 Å². The summed E-state index contributed by atoms with van der Waals surface area (Å²) in [5.74, 6) is 0. The molecule has 0 spiro atoms. The maximum atomic E-state index is 6.11. The first-order valence-electron chi connectivity index (χ1n) is 15.4. The molecule has 2 heteroatoms. The molecule has 45 heavy (non-hydrogen) atoms. The van der Waals surface area contributed by atoms with Crippen LogP contribution in [0.5, 0.6) is 0 Å². The van der Waals surface area contributed by atoms with Gasteiger partial charge in [-0.25, -0.2) is 0 Å². The third kappa shape index (κ3) is 3.89. The van der Waals surface area contributed by atoms with Crippen molar-refractivity contribution in [3.63, 3.8) is 0 Å². The number of rotatable bonds is 5. The van der Waals surface area contributed by atoms with Gasteiger partial charge in [0.15, 0.2) is 0 Å². The largest absolute Gasteiger partial charge is 0.456 e. The van der Waals surface area contributed by atoms with Crippen LogP contribution >= 0.6 is 0 Å². The molecule has 0 radical (unpaired) electrons. The van der Waals surface area contributed by atoms with E-state index in [0.717, 1.165) is 44.4 Å². The number of furan rings is 1. The second kappa shape index (κ2) is 10.1. The average Bonchev–Trinajstić information content (AvgIpc) is 3.63. The highest BCUT2D eigenvalue weighted by atomic mass is 16.3. The Morgan fingerprint density at radius 1 is 0.422 bits per heavy atom. The summed E-state index contributed by atoms with van der Waals surface area (Å²) in [5.41, 5.74) is 13.5. The van der Waals surface area contributed by atoms with Crippen molar-refractivity contribution < 1.29 is 4.42 Å². The van der Waals surface area contributed by atoms with Gasteiger partial charge < -0.3 is 9.73 Å². The Balaban J connectivity index is 1.19. The van der Waals surface area contributed by atoms with Crippen LogP contribution in [0.1, 0.15) is 22.3 Å². The maximum absolute atomic E-state index is 6.11. The number of hydrogen-bond acceptors (Lipinski definition) is 2. The van der Waals surface area contributed by atoms with Gasteiger partial charge in [0.05, 0.1) is 5.41 Å². The second-order valence-electron chi connectivity index (χ2n) is 11.8. The first-order chi connectivity index (χ1) is 22.3. The molecule has 0 amide bonds. The van der Waals surface area contributed by atoms with E-state index in [0.29, 0.717) is 0 Å². The summed E-state index contributed by atoms with van der Waals surface area (Å²) in [6.45, 7) is 0. The summed E-state index contributed by atoms with van der Waals surface area (Å²) in [6.07, 6.45) is 0. The molecule has 0 aliphatic heterocycles. The molecule has 0 atom stereocenters. The van der Waals surface area contributed by atoms with Gasteiger partial charge in [0.25, 0.3) is 0 Å². The Hall–Kier alpha value is -5.86. The van der Waals surface area contributed by atoms with Crippen LogP contribution in [0.25, 0.3) is 44.2 Å². The van der Waals surface area contributed by atoms with Crippen LogP contribution in [0.2, 0.25) is 0 Å². The highest BCUT2D eigenvalue weighted by molar-refractivity contribution is 6.06. The van der Waals surface area contributed by atoms with Gasteiger partial charge in [-0.2, -0.15) is 0 Å². The molecule has 1 aromatic heterocycles. The number of hydrogen-bond donors (Lipinski definition) is 1. The fourth-order valence-corrected chi connectivity index (χ4v) is 7.44. The summed E-state index contributed by atoms with van der Waals surface area (Å²) >= 11 is 0. The molecule has 0 saturated carbocycles. The number of nitrogens with one attached hydrogen (secondary N) is 1. The van der Waals surface area contributed by atoms with Gasteiger partial charge in [-0.3, -0.25) is 0 Å². The lowest BCUT2D eigenvalue weighted by molar-refractivity contribution is 0.669. The number of benzene rings is 7. The van der Waals surface area contributed by atoms with Gasteiger partial charge in [0, 0.05) is 27.7 Å². The standard InChI is InChI=1S/C43H29NO/c1-2-13-30(14-3-1)43(38-21-8-4-18-34(38)35-19-5-9-22-39(35)43)31-15-12-16-32(28-31)44-40-23-10-6-17-33(40)29-25-26-42-37(27-29)36-20-7-11-24-41(36)45-42/h1-28,44H. The van der Waals surface area contributed by atoms with Crippen molar-refractivity contribution in [1.29, 1.82) is 0 Å². The molecular formula is C43H29NO. The molecule has 212 valence electrons. The molecule has 0 fully saturated rings. The number of anilines is 2. The van der Waals surface area contributed by atoms with Crippen molar-refractivity contribution >= 4 is 33.3 Å². The second-order valence-corrected chi connectivity index (χ2v) is 11.8. The van der Waals surface area contributed by atoms with Crippen molar-refractivity contribution in [2.75, 3.05) is 5.32 Å². The van der Waals surface area contributed by atoms with E-state index >= 15 is 0 Å². The number of fused-ring (bicyclic) bond motifs is 6. The third-order valence-electron chi connectivity index (χ3n) is 9.35. The smallest absolute Gasteiger partial charge is 0.135 e. The number of para-hydroxylation sites is 2. The molecule has 8 aromatic rings. The molecule has 9 rings (SSSR count). The Bertz CT molecular complexity index is 2320. The van der Waals surface area contributed by atoms with Gasteiger partial charge in [-0.05, 0) is 75.3 Å². The van der Waals surface area contributed by atoms with Crippen LogP contribution in [0, 0.1) is 0 Å². The minimum atomic E-state index is -0.432. The van der Waals surface area contributed by atoms with E-state index in [4.69, 9.17) is 4.42 Å². The first-order valence-corrected chi connectivity index (χ1v) is 15.4. The summed E-state index contributed by atoms with van der Waals surface area (Å²) in [6, 6.07) is 60.9. The van der Waals surface area contributed by atoms with E-state index in [1.54, 1.807) is 0 Å². The predicted molar refractivity (Wildman–Crippen MR) is 186 cm³/mol. The molecule has 0 saturated heterocycles. The third-order valence-corrected chi connectivity index (χ3v) is 9.35. The quantitative estimate of drug-likeness (QED) is 0.221. The van der Waals surface area contributed by atoms with Gasteiger partial charge >= 0.3 is 0 Å². The van der Waals surface area contributed by atoms with E-state index in [2.05, 4.69) is 163 Å². The molecule has 0 bridgehead atoms. The molecule has 0 unspecified atom stereocenters. The fraction of sp³-hybridized carbons (Fsp3) is 0.0233. The normalized spacial score (nSPS) is 13.1. The summed E-state index contributed by atoms with van der Waals surface area (Å²) in [5, 5.41) is 6.07. The Morgan fingerprint density at radius 2 is 1.04 bits per heavy atom. The van der Waals surface area contributed by atoms with E-state index in [1.165, 1.54) is 33.4 Å². The molecule has 1 aliphatic rings. The van der Waals surface area contributed by atoms with Crippen LogP contribution in [0.15, 0.2) is 174 Å². The molecule has 1 aliphatic carbocycles. The van der Waals surface area contributed by atoms with Crippen LogP contribution in [-0.4, -0.2) is 0 Å². The average molecular weight is 576 g/mol. The van der Waals surface area contributed by atoms with Gasteiger partial charge in [0.2, 0.25) is 0 Å². The Kier molecular flexibility index (Phi) is 5.76. The highest BCUT2D eigenvalue weighted by Gasteiger charge is 2.45. The summed E-state index contributed by atoms with van der Waals surface area (Å²) in [4.78, 5) is 0. The van der Waals surface area contributed by atoms with Gasteiger partial charge in [-0.1, -0.05) is 133 Å². The SMILES string of the molecule is c1ccc(C2(c3cccc(Nc4ccccc4-c4ccc5oc6ccccc6c5c4)c3)c3ccccc3-c3ccccc32)cc1. The maximum Gasteiger partial charge on any atom is 0.135 e. The Morgan fingerprint density at radius 3 is 1.84 bits per heavy atom. The zero-order valence-electron chi connectivity index (χ0n) is 24.6. The topological polar surface area (TPSA) is 25.2 Å². The highest BCUT2D eigenvalue weighted by Crippen LogP contribution is 2.56. The van der Waals surface area contributed by atoms with Gasteiger partial charge in [-0.15, -0.1) is 0 Å². The Labute approximate surface area is 262 Å². The van der Waals surface area contributed by atoms with E-state index < -0.39 is 5.41 Å². The zero-order valence-corrected chi connectivity index (χ0v) is 24.6. The minimum Gasteiger partial charge on any atom is -0.456 e. The van der Waals surface area contributed by atoms with Crippen molar-refractivity contribution in [1.82, 2.24) is 0 Å². The lowest BCUT2D eigenvalue weighted by Crippen LogP contribution is -2.28. The molecule has 7 aromatic carbocycles. The van der Waals surface area contributed by atoms with Crippen LogP contribution in [0.4, 0.5) is 11.4 Å². The molecule has 1 heterocycles.